The number of rotatable bonds is 7. The maximum absolute atomic E-state index is 12.9. The Hall–Kier alpha value is -1.93. The Bertz CT molecular complexity index is 832. The molecule has 0 aliphatic heterocycles. The van der Waals surface area contributed by atoms with Crippen LogP contribution in [0.4, 0.5) is 0 Å². The van der Waals surface area contributed by atoms with E-state index in [4.69, 9.17) is 4.74 Å². The van der Waals surface area contributed by atoms with Gasteiger partial charge in [0.15, 0.2) is 6.61 Å². The minimum Gasteiger partial charge on any atom is -0.454 e. The third-order valence-corrected chi connectivity index (χ3v) is 7.13. The first-order chi connectivity index (χ1) is 13.0. The Kier molecular flexibility index (Phi) is 7.22. The molecule has 28 heavy (non-hydrogen) atoms. The molecule has 2 N–H and O–H groups in total. The summed E-state index contributed by atoms with van der Waals surface area (Å²) in [4.78, 5) is 24.2. The first kappa shape index (κ1) is 22.4. The molecule has 0 saturated heterocycles. The molecule has 0 heterocycles. The van der Waals surface area contributed by atoms with Crippen molar-refractivity contribution in [3.05, 3.63) is 28.3 Å². The van der Waals surface area contributed by atoms with Gasteiger partial charge < -0.3 is 10.1 Å². The maximum atomic E-state index is 12.9. The number of nitrogens with one attached hydrogen (secondary N) is 2. The van der Waals surface area contributed by atoms with Gasteiger partial charge in [0, 0.05) is 6.04 Å². The molecule has 1 fully saturated rings. The number of hydrogen-bond donors (Lipinski definition) is 2. The first-order valence-electron chi connectivity index (χ1n) is 9.58. The van der Waals surface area contributed by atoms with Gasteiger partial charge in [0.2, 0.25) is 10.0 Å². The summed E-state index contributed by atoms with van der Waals surface area (Å²) in [5.41, 5.74) is 3.02. The first-order valence-corrected chi connectivity index (χ1v) is 11.1. The molecule has 1 aliphatic carbocycles. The van der Waals surface area contributed by atoms with Gasteiger partial charge in [0.25, 0.3) is 5.91 Å². The number of ether oxygens (including phenoxy) is 1. The van der Waals surface area contributed by atoms with E-state index in [0.29, 0.717) is 11.1 Å². The van der Waals surface area contributed by atoms with Gasteiger partial charge >= 0.3 is 5.97 Å². The molecule has 0 bridgehead atoms. The second-order valence-electron chi connectivity index (χ2n) is 7.59. The zero-order chi connectivity index (χ0) is 21.1. The molecule has 2 rings (SSSR count). The van der Waals surface area contributed by atoms with Crippen molar-refractivity contribution in [2.45, 2.75) is 77.3 Å². The van der Waals surface area contributed by atoms with Crippen molar-refractivity contribution in [2.75, 3.05) is 6.61 Å². The van der Waals surface area contributed by atoms with Gasteiger partial charge in [-0.1, -0.05) is 18.9 Å². The molecule has 7 nitrogen and oxygen atoms in total. The van der Waals surface area contributed by atoms with Crippen LogP contribution in [0.2, 0.25) is 0 Å². The number of hydrogen-bond acceptors (Lipinski definition) is 5. The zero-order valence-corrected chi connectivity index (χ0v) is 18.0. The third-order valence-electron chi connectivity index (χ3n) is 5.32. The molecule has 1 saturated carbocycles. The fraction of sp³-hybridized carbons (Fsp3) is 0.600. The van der Waals surface area contributed by atoms with Crippen LogP contribution in [-0.2, 0) is 24.3 Å². The summed E-state index contributed by atoms with van der Waals surface area (Å²) in [6, 6.07) is 0.964. The lowest BCUT2D eigenvalue weighted by Crippen LogP contribution is -2.42. The van der Waals surface area contributed by atoms with Crippen molar-refractivity contribution in [1.82, 2.24) is 10.0 Å². The van der Waals surface area contributed by atoms with Crippen molar-refractivity contribution in [3.63, 3.8) is 0 Å². The number of amides is 1. The number of aryl methyl sites for hydroxylation is 2. The Balaban J connectivity index is 2.00. The number of carbonyl (C=O) groups is 2. The smallest absolute Gasteiger partial charge is 0.324 e. The molecule has 0 unspecified atom stereocenters. The molecule has 0 spiro atoms. The number of carbonyl (C=O) groups excluding carboxylic acids is 2. The summed E-state index contributed by atoms with van der Waals surface area (Å²) in [5, 5.41) is 2.82. The quantitative estimate of drug-likeness (QED) is 0.671. The van der Waals surface area contributed by atoms with Crippen LogP contribution in [0.3, 0.4) is 0 Å². The molecule has 8 heteroatoms. The van der Waals surface area contributed by atoms with Crippen LogP contribution in [0, 0.1) is 27.7 Å². The molecule has 156 valence electrons. The van der Waals surface area contributed by atoms with E-state index < -0.39 is 28.6 Å². The zero-order valence-electron chi connectivity index (χ0n) is 17.2. The van der Waals surface area contributed by atoms with Crippen LogP contribution in [0.1, 0.15) is 54.9 Å². The summed E-state index contributed by atoms with van der Waals surface area (Å²) in [6.45, 7) is 8.17. The summed E-state index contributed by atoms with van der Waals surface area (Å²) in [6.07, 6.45) is 4.04. The summed E-state index contributed by atoms with van der Waals surface area (Å²) >= 11 is 0. The fourth-order valence-corrected chi connectivity index (χ4v) is 5.33. The highest BCUT2D eigenvalue weighted by molar-refractivity contribution is 7.89. The SMILES string of the molecule is Cc1cc(C)c(C)c(S(=O)(=O)N[C@@H](C)C(=O)OCC(=O)NC2CCCC2)c1C. The minimum atomic E-state index is -3.92. The van der Waals surface area contributed by atoms with Crippen molar-refractivity contribution in [2.24, 2.45) is 0 Å². The second-order valence-corrected chi connectivity index (χ2v) is 9.24. The van der Waals surface area contributed by atoms with Crippen molar-refractivity contribution in [1.29, 1.82) is 0 Å². The average Bonchev–Trinajstić information content (AvgIpc) is 3.10. The highest BCUT2D eigenvalue weighted by Crippen LogP contribution is 2.26. The lowest BCUT2D eigenvalue weighted by Gasteiger charge is -2.19. The number of sulfonamides is 1. The van der Waals surface area contributed by atoms with E-state index >= 15 is 0 Å². The second kappa shape index (κ2) is 9.05. The third kappa shape index (κ3) is 5.32. The average molecular weight is 411 g/mol. The van der Waals surface area contributed by atoms with E-state index in [-0.39, 0.29) is 16.8 Å². The fourth-order valence-electron chi connectivity index (χ4n) is 3.52. The van der Waals surface area contributed by atoms with E-state index in [1.54, 1.807) is 13.8 Å². The molecule has 0 radical (unpaired) electrons. The van der Waals surface area contributed by atoms with Gasteiger partial charge in [-0.2, -0.15) is 4.72 Å². The minimum absolute atomic E-state index is 0.137. The van der Waals surface area contributed by atoms with E-state index in [0.717, 1.165) is 36.8 Å². The van der Waals surface area contributed by atoms with Gasteiger partial charge in [-0.15, -0.1) is 0 Å². The van der Waals surface area contributed by atoms with Crippen LogP contribution < -0.4 is 10.0 Å². The monoisotopic (exact) mass is 410 g/mol. The molecule has 0 aromatic heterocycles. The van der Waals surface area contributed by atoms with Crippen LogP contribution in [0.15, 0.2) is 11.0 Å². The lowest BCUT2D eigenvalue weighted by atomic mass is 10.0. The van der Waals surface area contributed by atoms with Crippen LogP contribution in [-0.4, -0.2) is 39.0 Å². The van der Waals surface area contributed by atoms with Gasteiger partial charge in [0.05, 0.1) is 4.90 Å². The summed E-state index contributed by atoms with van der Waals surface area (Å²) < 4.78 is 33.1. The Labute approximate surface area is 167 Å². The van der Waals surface area contributed by atoms with Gasteiger partial charge in [-0.25, -0.2) is 8.42 Å². The van der Waals surface area contributed by atoms with Gasteiger partial charge in [-0.3, -0.25) is 9.59 Å². The molecule has 1 aromatic rings. The molecule has 1 atom stereocenters. The van der Waals surface area contributed by atoms with Crippen molar-refractivity contribution in [3.8, 4) is 0 Å². The molecular weight excluding hydrogens is 380 g/mol. The molecule has 1 amide bonds. The Morgan fingerprint density at radius 1 is 1.11 bits per heavy atom. The Morgan fingerprint density at radius 3 is 2.18 bits per heavy atom. The largest absolute Gasteiger partial charge is 0.454 e. The van der Waals surface area contributed by atoms with Crippen LogP contribution in [0.25, 0.3) is 0 Å². The standard InChI is InChI=1S/C20H30N2O5S/c1-12-10-13(2)15(4)19(14(12)3)28(25,26)22-16(5)20(24)27-11-18(23)21-17-8-6-7-9-17/h10,16-17,22H,6-9,11H2,1-5H3,(H,21,23)/t16-/m0/s1. The van der Waals surface area contributed by atoms with Crippen LogP contribution in [0.5, 0.6) is 0 Å². The predicted octanol–water partition coefficient (Wildman–Crippen LogP) is 2.19. The van der Waals surface area contributed by atoms with Crippen molar-refractivity contribution < 1.29 is 22.7 Å². The molecule has 1 aromatic carbocycles. The molecule has 1 aliphatic rings. The van der Waals surface area contributed by atoms with E-state index in [2.05, 4.69) is 10.0 Å². The Morgan fingerprint density at radius 2 is 1.64 bits per heavy atom. The van der Waals surface area contributed by atoms with E-state index in [1.165, 1.54) is 6.92 Å². The van der Waals surface area contributed by atoms with Crippen molar-refractivity contribution >= 4 is 21.9 Å². The molecular formula is C20H30N2O5S. The summed E-state index contributed by atoms with van der Waals surface area (Å²) in [5.74, 6) is -1.15. The number of benzene rings is 1. The predicted molar refractivity (Wildman–Crippen MR) is 107 cm³/mol. The number of esters is 1. The lowest BCUT2D eigenvalue weighted by molar-refractivity contribution is -0.149. The normalized spacial score (nSPS) is 16.0. The topological polar surface area (TPSA) is 102 Å². The van der Waals surface area contributed by atoms with Gasteiger partial charge in [-0.05, 0) is 69.7 Å². The van der Waals surface area contributed by atoms with Gasteiger partial charge in [0.1, 0.15) is 6.04 Å². The van der Waals surface area contributed by atoms with E-state index in [9.17, 15) is 18.0 Å². The van der Waals surface area contributed by atoms with E-state index in [1.807, 2.05) is 19.9 Å². The highest BCUT2D eigenvalue weighted by atomic mass is 32.2. The highest BCUT2D eigenvalue weighted by Gasteiger charge is 2.27. The maximum Gasteiger partial charge on any atom is 0.324 e. The van der Waals surface area contributed by atoms with Crippen LogP contribution >= 0.6 is 0 Å². The summed E-state index contributed by atoms with van der Waals surface area (Å²) in [7, 11) is -3.92.